The Morgan fingerprint density at radius 3 is 2.65 bits per heavy atom. The minimum absolute atomic E-state index is 0.0158. The average Bonchev–Trinajstić information content (AvgIpc) is 2.68. The van der Waals surface area contributed by atoms with Crippen LogP contribution in [0.15, 0.2) is 24.3 Å². The molecule has 1 aliphatic heterocycles. The van der Waals surface area contributed by atoms with Crippen LogP contribution in [0.4, 0.5) is 4.39 Å². The van der Waals surface area contributed by atoms with Gasteiger partial charge in [0, 0.05) is 18.2 Å². The Balaban J connectivity index is 2.10. The summed E-state index contributed by atoms with van der Waals surface area (Å²) in [6.07, 6.45) is 3.67. The molecule has 0 amide bonds. The Bertz CT molecular complexity index is 419. The average molecular weight is 278 g/mol. The van der Waals surface area contributed by atoms with E-state index in [4.69, 9.17) is 5.73 Å². The molecule has 2 rings (SSSR count). The first-order valence-electron chi connectivity index (χ1n) is 7.82. The van der Waals surface area contributed by atoms with E-state index in [9.17, 15) is 4.39 Å². The van der Waals surface area contributed by atoms with Crippen molar-refractivity contribution in [2.45, 2.75) is 39.2 Å². The van der Waals surface area contributed by atoms with Crippen molar-refractivity contribution in [1.82, 2.24) is 4.90 Å². The molecule has 0 aromatic heterocycles. The summed E-state index contributed by atoms with van der Waals surface area (Å²) in [6.45, 7) is 7.14. The summed E-state index contributed by atoms with van der Waals surface area (Å²) in [7, 11) is 0. The lowest BCUT2D eigenvalue weighted by molar-refractivity contribution is 0.200. The summed E-state index contributed by atoms with van der Waals surface area (Å²) in [6, 6.07) is 7.06. The molecule has 2 unspecified atom stereocenters. The van der Waals surface area contributed by atoms with E-state index in [2.05, 4.69) is 18.7 Å². The zero-order chi connectivity index (χ0) is 14.5. The first-order valence-corrected chi connectivity index (χ1v) is 7.82. The minimum atomic E-state index is -0.132. The van der Waals surface area contributed by atoms with Crippen molar-refractivity contribution in [1.29, 1.82) is 0 Å². The van der Waals surface area contributed by atoms with E-state index in [0.717, 1.165) is 30.5 Å². The van der Waals surface area contributed by atoms with E-state index in [0.29, 0.717) is 6.54 Å². The van der Waals surface area contributed by atoms with E-state index in [1.807, 2.05) is 12.1 Å². The van der Waals surface area contributed by atoms with E-state index < -0.39 is 0 Å². The van der Waals surface area contributed by atoms with Crippen molar-refractivity contribution in [3.8, 4) is 0 Å². The highest BCUT2D eigenvalue weighted by Gasteiger charge is 2.26. The monoisotopic (exact) mass is 278 g/mol. The van der Waals surface area contributed by atoms with E-state index in [1.54, 1.807) is 6.07 Å². The number of likely N-dealkylation sites (tertiary alicyclic amines) is 1. The zero-order valence-electron chi connectivity index (χ0n) is 12.7. The fraction of sp³-hybridized carbons (Fsp3) is 0.647. The van der Waals surface area contributed by atoms with Crippen molar-refractivity contribution < 1.29 is 4.39 Å². The van der Waals surface area contributed by atoms with Crippen LogP contribution in [0.5, 0.6) is 0 Å². The lowest BCUT2D eigenvalue weighted by atomic mass is 9.89. The van der Waals surface area contributed by atoms with Gasteiger partial charge in [-0.25, -0.2) is 4.39 Å². The molecule has 1 heterocycles. The van der Waals surface area contributed by atoms with Gasteiger partial charge < -0.3 is 5.73 Å². The fourth-order valence-electron chi connectivity index (χ4n) is 3.34. The first-order chi connectivity index (χ1) is 9.63. The molecule has 1 aromatic rings. The van der Waals surface area contributed by atoms with Crippen LogP contribution in [-0.4, -0.2) is 24.5 Å². The summed E-state index contributed by atoms with van der Waals surface area (Å²) >= 11 is 0. The number of hydrogen-bond acceptors (Lipinski definition) is 2. The molecule has 1 aliphatic rings. The Morgan fingerprint density at radius 2 is 2.00 bits per heavy atom. The zero-order valence-corrected chi connectivity index (χ0v) is 12.7. The van der Waals surface area contributed by atoms with Crippen molar-refractivity contribution in [2.24, 2.45) is 17.6 Å². The topological polar surface area (TPSA) is 29.3 Å². The van der Waals surface area contributed by atoms with E-state index in [-0.39, 0.29) is 11.9 Å². The molecule has 0 bridgehead atoms. The highest BCUT2D eigenvalue weighted by molar-refractivity contribution is 5.21. The Kier molecular flexibility index (Phi) is 5.55. The predicted molar refractivity (Wildman–Crippen MR) is 81.9 cm³/mol. The molecular weight excluding hydrogens is 251 g/mol. The second kappa shape index (κ2) is 7.19. The van der Waals surface area contributed by atoms with Gasteiger partial charge in [0.15, 0.2) is 0 Å². The summed E-state index contributed by atoms with van der Waals surface area (Å²) < 4.78 is 14.0. The number of nitrogens with zero attached hydrogens (tertiary/aromatic N) is 1. The molecule has 112 valence electrons. The van der Waals surface area contributed by atoms with Gasteiger partial charge in [-0.1, -0.05) is 32.0 Å². The molecule has 2 N–H and O–H groups in total. The third kappa shape index (κ3) is 3.58. The third-order valence-electron chi connectivity index (χ3n) is 4.68. The van der Waals surface area contributed by atoms with Crippen LogP contribution >= 0.6 is 0 Å². The number of rotatable bonds is 4. The highest BCUT2D eigenvalue weighted by Crippen LogP contribution is 2.29. The summed E-state index contributed by atoms with van der Waals surface area (Å²) in [5, 5.41) is 0. The standard InChI is InChI=1S/C17H27FN2/c1-13(2)14-6-5-10-20(11-9-14)17(12-19)15-7-3-4-8-16(15)18/h3-4,7-8,13-14,17H,5-6,9-12,19H2,1-2H3. The van der Waals surface area contributed by atoms with Crippen LogP contribution in [0.3, 0.4) is 0 Å². The van der Waals surface area contributed by atoms with Gasteiger partial charge >= 0.3 is 0 Å². The molecule has 2 nitrogen and oxygen atoms in total. The smallest absolute Gasteiger partial charge is 0.128 e. The van der Waals surface area contributed by atoms with Gasteiger partial charge in [-0.2, -0.15) is 0 Å². The van der Waals surface area contributed by atoms with Gasteiger partial charge in [-0.15, -0.1) is 0 Å². The number of nitrogens with two attached hydrogens (primary N) is 1. The van der Waals surface area contributed by atoms with Crippen molar-refractivity contribution in [2.75, 3.05) is 19.6 Å². The Labute approximate surface area is 122 Å². The molecule has 0 aliphatic carbocycles. The van der Waals surface area contributed by atoms with Crippen LogP contribution in [0.2, 0.25) is 0 Å². The molecule has 0 saturated carbocycles. The highest BCUT2D eigenvalue weighted by atomic mass is 19.1. The quantitative estimate of drug-likeness (QED) is 0.912. The maximum atomic E-state index is 14.0. The van der Waals surface area contributed by atoms with Crippen LogP contribution in [0.1, 0.15) is 44.7 Å². The van der Waals surface area contributed by atoms with Crippen LogP contribution in [-0.2, 0) is 0 Å². The first kappa shape index (κ1) is 15.5. The number of hydrogen-bond donors (Lipinski definition) is 1. The van der Waals surface area contributed by atoms with Crippen LogP contribution in [0, 0.1) is 17.7 Å². The number of halogens is 1. The Morgan fingerprint density at radius 1 is 1.25 bits per heavy atom. The van der Waals surface area contributed by atoms with Gasteiger partial charge in [0.1, 0.15) is 5.82 Å². The second-order valence-electron chi connectivity index (χ2n) is 6.24. The van der Waals surface area contributed by atoms with Gasteiger partial charge in [-0.3, -0.25) is 4.90 Å². The molecule has 3 heteroatoms. The molecule has 1 aromatic carbocycles. The van der Waals surface area contributed by atoms with Crippen LogP contribution in [0.25, 0.3) is 0 Å². The van der Waals surface area contributed by atoms with Gasteiger partial charge in [0.05, 0.1) is 0 Å². The Hall–Kier alpha value is -0.930. The lowest BCUT2D eigenvalue weighted by Gasteiger charge is -2.30. The minimum Gasteiger partial charge on any atom is -0.329 e. The molecule has 0 spiro atoms. The van der Waals surface area contributed by atoms with E-state index >= 15 is 0 Å². The van der Waals surface area contributed by atoms with Gasteiger partial charge in [0.25, 0.3) is 0 Å². The second-order valence-corrected chi connectivity index (χ2v) is 6.24. The molecule has 1 fully saturated rings. The normalized spacial score (nSPS) is 22.8. The molecular formula is C17H27FN2. The molecule has 20 heavy (non-hydrogen) atoms. The molecule has 0 radical (unpaired) electrons. The van der Waals surface area contributed by atoms with Crippen molar-refractivity contribution in [3.63, 3.8) is 0 Å². The number of benzene rings is 1. The SMILES string of the molecule is CC(C)C1CCCN(C(CN)c2ccccc2F)CC1. The van der Waals surface area contributed by atoms with Gasteiger partial charge in [-0.05, 0) is 50.3 Å². The maximum absolute atomic E-state index is 14.0. The maximum Gasteiger partial charge on any atom is 0.128 e. The van der Waals surface area contributed by atoms with Gasteiger partial charge in [0.2, 0.25) is 0 Å². The van der Waals surface area contributed by atoms with E-state index in [1.165, 1.54) is 25.3 Å². The van der Waals surface area contributed by atoms with Crippen molar-refractivity contribution in [3.05, 3.63) is 35.6 Å². The predicted octanol–water partition coefficient (Wildman–Crippen LogP) is 3.58. The fourth-order valence-corrected chi connectivity index (χ4v) is 3.34. The largest absolute Gasteiger partial charge is 0.329 e. The molecule has 2 atom stereocenters. The van der Waals surface area contributed by atoms with Crippen molar-refractivity contribution >= 4 is 0 Å². The summed E-state index contributed by atoms with van der Waals surface area (Å²) in [5.41, 5.74) is 6.69. The third-order valence-corrected chi connectivity index (χ3v) is 4.68. The summed E-state index contributed by atoms with van der Waals surface area (Å²) in [4.78, 5) is 2.38. The lowest BCUT2D eigenvalue weighted by Crippen LogP contribution is -2.35. The van der Waals surface area contributed by atoms with Crippen LogP contribution < -0.4 is 5.73 Å². The molecule has 1 saturated heterocycles. The summed E-state index contributed by atoms with van der Waals surface area (Å²) in [5.74, 6) is 1.39.